The van der Waals surface area contributed by atoms with Crippen LogP contribution in [0, 0.1) is 0 Å². The lowest BCUT2D eigenvalue weighted by atomic mass is 10.1. The molecule has 1 aromatic carbocycles. The number of aliphatic hydroxyl groups excluding tert-OH is 1. The molecule has 1 aliphatic heterocycles. The summed E-state index contributed by atoms with van der Waals surface area (Å²) in [6, 6.07) is 9.39. The molecule has 3 aromatic heterocycles. The molecule has 0 aliphatic carbocycles. The lowest BCUT2D eigenvalue weighted by Crippen LogP contribution is -2.39. The molecule has 9 heteroatoms. The highest BCUT2D eigenvalue weighted by molar-refractivity contribution is 5.89. The van der Waals surface area contributed by atoms with E-state index < -0.39 is 6.23 Å². The Morgan fingerprint density at radius 1 is 1.22 bits per heavy atom. The van der Waals surface area contributed by atoms with Crippen molar-refractivity contribution in [3.63, 3.8) is 0 Å². The monoisotopic (exact) mass is 366 g/mol. The number of anilines is 2. The first-order chi connectivity index (χ1) is 13.3. The van der Waals surface area contributed by atoms with Crippen LogP contribution in [0.4, 0.5) is 11.5 Å². The lowest BCUT2D eigenvalue weighted by Gasteiger charge is -2.29. The smallest absolute Gasteiger partial charge is 0.178 e. The quantitative estimate of drug-likeness (QED) is 0.504. The van der Waals surface area contributed by atoms with Crippen LogP contribution in [0.15, 0.2) is 41.1 Å². The van der Waals surface area contributed by atoms with Gasteiger partial charge >= 0.3 is 0 Å². The number of morpholine rings is 1. The van der Waals surface area contributed by atoms with E-state index in [2.05, 4.69) is 25.7 Å². The zero-order chi connectivity index (χ0) is 18.2. The maximum atomic E-state index is 10.6. The molecule has 0 bridgehead atoms. The number of H-pyrrole nitrogens is 1. The number of nitrogens with one attached hydrogen (secondary N) is 2. The molecule has 138 valence electrons. The van der Waals surface area contributed by atoms with Gasteiger partial charge in [-0.15, -0.1) is 0 Å². The Hall–Kier alpha value is -3.01. The van der Waals surface area contributed by atoms with Gasteiger partial charge in [-0.25, -0.2) is 0 Å². The van der Waals surface area contributed by atoms with Crippen LogP contribution in [0.5, 0.6) is 0 Å². The van der Waals surface area contributed by atoms with Gasteiger partial charge in [0.05, 0.1) is 18.7 Å². The van der Waals surface area contributed by atoms with E-state index in [-0.39, 0.29) is 0 Å². The van der Waals surface area contributed by atoms with Gasteiger partial charge in [-0.05, 0) is 24.3 Å². The van der Waals surface area contributed by atoms with E-state index >= 15 is 0 Å². The highest BCUT2D eigenvalue weighted by Gasteiger charge is 2.25. The van der Waals surface area contributed by atoms with Crippen molar-refractivity contribution in [2.24, 2.45) is 0 Å². The third-order valence-electron chi connectivity index (χ3n) is 4.72. The van der Waals surface area contributed by atoms with Crippen LogP contribution in [-0.4, -0.2) is 56.6 Å². The molecule has 0 amide bonds. The Balaban J connectivity index is 1.43. The van der Waals surface area contributed by atoms with Crippen molar-refractivity contribution in [3.05, 3.63) is 42.2 Å². The molecule has 4 heterocycles. The number of ether oxygens (including phenoxy) is 1. The number of fused-ring (bicyclic) bond motifs is 2. The molecule has 5 rings (SSSR count). The number of pyridine rings is 1. The first kappa shape index (κ1) is 16.2. The van der Waals surface area contributed by atoms with Crippen molar-refractivity contribution in [2.75, 3.05) is 31.6 Å². The van der Waals surface area contributed by atoms with E-state index in [1.807, 2.05) is 35.2 Å². The van der Waals surface area contributed by atoms with E-state index in [0.29, 0.717) is 43.4 Å². The number of nitrogens with zero attached hydrogens (tertiary/aromatic N) is 4. The predicted molar refractivity (Wildman–Crippen MR) is 98.5 cm³/mol. The second-order valence-corrected chi connectivity index (χ2v) is 6.40. The van der Waals surface area contributed by atoms with Crippen molar-refractivity contribution in [1.29, 1.82) is 0 Å². The summed E-state index contributed by atoms with van der Waals surface area (Å²) >= 11 is 0. The molecule has 1 aliphatic rings. The zero-order valence-corrected chi connectivity index (χ0v) is 14.4. The fraction of sp³-hybridized carbons (Fsp3) is 0.278. The Morgan fingerprint density at radius 2 is 2.11 bits per heavy atom. The number of hydrogen-bond acceptors (Lipinski definition) is 8. The van der Waals surface area contributed by atoms with Crippen LogP contribution in [0.1, 0.15) is 11.9 Å². The van der Waals surface area contributed by atoms with Gasteiger partial charge in [0.1, 0.15) is 11.2 Å². The van der Waals surface area contributed by atoms with E-state index in [1.54, 1.807) is 6.20 Å². The Bertz CT molecular complexity index is 1090. The maximum Gasteiger partial charge on any atom is 0.178 e. The van der Waals surface area contributed by atoms with E-state index in [4.69, 9.17) is 9.26 Å². The molecular weight excluding hydrogens is 348 g/mol. The van der Waals surface area contributed by atoms with Gasteiger partial charge in [-0.3, -0.25) is 15.0 Å². The Kier molecular flexibility index (Phi) is 3.97. The minimum atomic E-state index is -0.812. The van der Waals surface area contributed by atoms with Crippen LogP contribution in [0.2, 0.25) is 0 Å². The van der Waals surface area contributed by atoms with E-state index in [0.717, 1.165) is 22.1 Å². The molecule has 0 saturated carbocycles. The van der Waals surface area contributed by atoms with Crippen molar-refractivity contribution in [1.82, 2.24) is 25.2 Å². The van der Waals surface area contributed by atoms with Crippen molar-refractivity contribution in [2.45, 2.75) is 6.23 Å². The molecule has 1 saturated heterocycles. The third kappa shape index (κ3) is 2.91. The maximum absolute atomic E-state index is 10.6. The molecule has 1 unspecified atom stereocenters. The number of aromatic nitrogens is 4. The van der Waals surface area contributed by atoms with Crippen LogP contribution in [0.3, 0.4) is 0 Å². The van der Waals surface area contributed by atoms with Gasteiger partial charge in [0.15, 0.2) is 17.6 Å². The molecule has 0 spiro atoms. The number of aromatic amines is 1. The molecular formula is C18H18N6O3. The summed E-state index contributed by atoms with van der Waals surface area (Å²) in [6.45, 7) is 2.53. The fourth-order valence-corrected chi connectivity index (χ4v) is 3.29. The Morgan fingerprint density at radius 3 is 3.00 bits per heavy atom. The first-order valence-electron chi connectivity index (χ1n) is 8.75. The average molecular weight is 366 g/mol. The Labute approximate surface area is 153 Å². The van der Waals surface area contributed by atoms with Gasteiger partial charge < -0.3 is 19.7 Å². The van der Waals surface area contributed by atoms with Gasteiger partial charge in [-0.1, -0.05) is 5.16 Å². The fourth-order valence-electron chi connectivity index (χ4n) is 3.29. The minimum absolute atomic E-state index is 0.519. The molecule has 9 nitrogen and oxygen atoms in total. The van der Waals surface area contributed by atoms with Crippen LogP contribution in [-0.2, 0) is 4.74 Å². The standard InChI is InChI=1S/C18H18N6O3/c25-18(24-6-8-26-9-7-24)15-12-4-3-11(10-14(12)27-23-15)20-17-16-13(21-22-17)2-1-5-19-16/h1-5,10,18,25H,6-9H2,(H2,20,21,22). The predicted octanol–water partition coefficient (Wildman–Crippen LogP) is 2.17. The summed E-state index contributed by atoms with van der Waals surface area (Å²) in [5.41, 5.74) is 3.53. The second kappa shape index (κ2) is 6.62. The topological polar surface area (TPSA) is 112 Å². The molecule has 0 radical (unpaired) electrons. The van der Waals surface area contributed by atoms with Gasteiger partial charge in [-0.2, -0.15) is 5.10 Å². The van der Waals surface area contributed by atoms with Crippen molar-refractivity contribution < 1.29 is 14.4 Å². The SMILES string of the molecule is OC(c1noc2cc(Nc3n[nH]c4cccnc34)ccc12)N1CCOCC1. The summed E-state index contributed by atoms with van der Waals surface area (Å²) in [7, 11) is 0. The van der Waals surface area contributed by atoms with E-state index in [1.165, 1.54) is 0 Å². The van der Waals surface area contributed by atoms with Gasteiger partial charge in [0.2, 0.25) is 0 Å². The number of benzene rings is 1. The van der Waals surface area contributed by atoms with Crippen LogP contribution in [0.25, 0.3) is 22.0 Å². The van der Waals surface area contributed by atoms with Crippen LogP contribution < -0.4 is 5.32 Å². The number of rotatable bonds is 4. The highest BCUT2D eigenvalue weighted by atomic mass is 16.5. The van der Waals surface area contributed by atoms with Crippen LogP contribution >= 0.6 is 0 Å². The van der Waals surface area contributed by atoms with Crippen molar-refractivity contribution >= 4 is 33.5 Å². The summed E-state index contributed by atoms with van der Waals surface area (Å²) in [4.78, 5) is 6.26. The second-order valence-electron chi connectivity index (χ2n) is 6.40. The highest BCUT2D eigenvalue weighted by Crippen LogP contribution is 2.30. The van der Waals surface area contributed by atoms with Crippen molar-refractivity contribution in [3.8, 4) is 0 Å². The minimum Gasteiger partial charge on any atom is -0.379 e. The summed E-state index contributed by atoms with van der Waals surface area (Å²) in [6.07, 6.45) is 0.913. The molecule has 3 N–H and O–H groups in total. The van der Waals surface area contributed by atoms with Gasteiger partial charge in [0.25, 0.3) is 0 Å². The third-order valence-corrected chi connectivity index (χ3v) is 4.72. The number of aliphatic hydroxyl groups is 1. The summed E-state index contributed by atoms with van der Waals surface area (Å²) in [5.74, 6) is 0.637. The summed E-state index contributed by atoms with van der Waals surface area (Å²) in [5, 5.41) is 26.0. The van der Waals surface area contributed by atoms with Gasteiger partial charge in [0, 0.05) is 36.4 Å². The molecule has 4 aromatic rings. The molecule has 1 atom stereocenters. The number of hydrogen-bond donors (Lipinski definition) is 3. The van der Waals surface area contributed by atoms with E-state index in [9.17, 15) is 5.11 Å². The summed E-state index contributed by atoms with van der Waals surface area (Å²) < 4.78 is 10.8. The molecule has 1 fully saturated rings. The average Bonchev–Trinajstić information content (AvgIpc) is 3.32. The first-order valence-corrected chi connectivity index (χ1v) is 8.75. The lowest BCUT2D eigenvalue weighted by molar-refractivity contribution is -0.0626. The largest absolute Gasteiger partial charge is 0.379 e. The molecule has 27 heavy (non-hydrogen) atoms. The normalized spacial score (nSPS) is 16.8. The zero-order valence-electron chi connectivity index (χ0n) is 14.4.